The van der Waals surface area contributed by atoms with Crippen LogP contribution in [-0.2, 0) is 14.3 Å². The Kier molecular flexibility index (Phi) is 24.4. The minimum absolute atomic E-state index is 0. The number of ether oxygens (including phenoxy) is 1. The van der Waals surface area contributed by atoms with Crippen molar-refractivity contribution in [3.8, 4) is 0 Å². The molecule has 0 aromatic heterocycles. The number of nitrogens with two attached hydrogens (primary N) is 1. The third kappa shape index (κ3) is 31.8. The molecule has 0 atom stereocenters. The van der Waals surface area contributed by atoms with Crippen molar-refractivity contribution in [2.45, 2.75) is 104 Å². The van der Waals surface area contributed by atoms with E-state index in [1.165, 1.54) is 33.1 Å². The lowest BCUT2D eigenvalue weighted by atomic mass is 10.1. The van der Waals surface area contributed by atoms with Crippen molar-refractivity contribution in [1.82, 2.24) is 6.15 Å². The van der Waals surface area contributed by atoms with Gasteiger partial charge in [0.25, 0.3) is 0 Å². The Morgan fingerprint density at radius 1 is 0.933 bits per heavy atom. The van der Waals surface area contributed by atoms with E-state index in [1.807, 2.05) is 0 Å². The van der Waals surface area contributed by atoms with Gasteiger partial charge in [0, 0.05) is 6.61 Å². The summed E-state index contributed by atoms with van der Waals surface area (Å²) in [5.41, 5.74) is 4.00. The van der Waals surface area contributed by atoms with Crippen LogP contribution in [0.4, 0.5) is 0 Å². The number of hydrogen-bond acceptors (Lipinski definition) is 6. The molecule has 0 heterocycles. The molecule has 8 heteroatoms. The normalized spacial score (nSPS) is 11.0. The topological polar surface area (TPSA) is 145 Å². The lowest BCUT2D eigenvalue weighted by molar-refractivity contribution is -0.146. The van der Waals surface area contributed by atoms with Crippen molar-refractivity contribution in [3.05, 3.63) is 0 Å². The van der Waals surface area contributed by atoms with Gasteiger partial charge in [0.1, 0.15) is 10.4 Å². The number of carboxylic acid groups (broad SMARTS) is 1. The molecule has 0 aromatic rings. The fourth-order valence-electron chi connectivity index (χ4n) is 1.66. The lowest BCUT2D eigenvalue weighted by Gasteiger charge is -2.14. The summed E-state index contributed by atoms with van der Waals surface area (Å²) in [7, 11) is 0. The summed E-state index contributed by atoms with van der Waals surface area (Å²) in [6.45, 7) is 15.8. The van der Waals surface area contributed by atoms with E-state index in [0.717, 1.165) is 31.1 Å². The van der Waals surface area contributed by atoms with Crippen molar-refractivity contribution < 1.29 is 24.5 Å². The van der Waals surface area contributed by atoms with Crippen LogP contribution in [0.25, 0.3) is 0 Å². The van der Waals surface area contributed by atoms with Crippen molar-refractivity contribution in [1.29, 1.82) is 0 Å². The fraction of sp³-hybridized carbons (Fsp3) is 0.909. The van der Waals surface area contributed by atoms with Gasteiger partial charge in [-0.15, -0.1) is 11.6 Å². The summed E-state index contributed by atoms with van der Waals surface area (Å²) in [6, 6.07) is 0. The van der Waals surface area contributed by atoms with Crippen LogP contribution in [0, 0.1) is 11.8 Å². The molecule has 0 bridgehead atoms. The number of aliphatic carboxylic acids is 1. The van der Waals surface area contributed by atoms with Crippen molar-refractivity contribution >= 4 is 23.5 Å². The molecule has 0 unspecified atom stereocenters. The maximum Gasteiger partial charge on any atom is 0.326 e. The van der Waals surface area contributed by atoms with Gasteiger partial charge in [-0.1, -0.05) is 47.0 Å². The molecule has 7 N–H and O–H groups in total. The van der Waals surface area contributed by atoms with Gasteiger partial charge in [0.2, 0.25) is 0 Å². The number of carboxylic acids is 1. The zero-order chi connectivity index (χ0) is 23.7. The van der Waals surface area contributed by atoms with Crippen LogP contribution in [0.1, 0.15) is 93.9 Å². The first-order valence-electron chi connectivity index (χ1n) is 10.5. The molecule has 0 spiro atoms. The maximum absolute atomic E-state index is 11.2. The highest BCUT2D eigenvalue weighted by atomic mass is 35.5. The highest BCUT2D eigenvalue weighted by molar-refractivity contribution is 6.33. The number of alkyl halides is 1. The summed E-state index contributed by atoms with van der Waals surface area (Å²) in [6.07, 6.45) is 6.61. The number of esters is 1. The van der Waals surface area contributed by atoms with E-state index in [1.54, 1.807) is 13.8 Å². The monoisotopic (exact) mass is 456 g/mol. The van der Waals surface area contributed by atoms with Crippen LogP contribution in [0.2, 0.25) is 0 Å². The Morgan fingerprint density at radius 2 is 1.30 bits per heavy atom. The van der Waals surface area contributed by atoms with E-state index < -0.39 is 16.4 Å². The molecule has 0 amide bonds. The SMILES string of the molecule is CC(C)(N)C(=O)O.CC(C)CCCCO.CC(C)CCCCOC(=O)C(C)(C)Cl.N. The molecular formula is C22H49ClN2O5. The first kappa shape index (κ1) is 36.5. The Morgan fingerprint density at radius 3 is 1.57 bits per heavy atom. The number of rotatable bonds is 11. The number of unbranched alkanes of at least 4 members (excludes halogenated alkanes) is 2. The molecule has 0 radical (unpaired) electrons. The summed E-state index contributed by atoms with van der Waals surface area (Å²) < 4.78 is 5.02. The van der Waals surface area contributed by atoms with Gasteiger partial charge in [0.05, 0.1) is 6.61 Å². The number of carbonyl (C=O) groups is 2. The van der Waals surface area contributed by atoms with Crippen LogP contribution >= 0.6 is 11.6 Å². The molecule has 0 saturated carbocycles. The van der Waals surface area contributed by atoms with Crippen LogP contribution < -0.4 is 11.9 Å². The van der Waals surface area contributed by atoms with Crippen LogP contribution in [0.5, 0.6) is 0 Å². The second-order valence-electron chi connectivity index (χ2n) is 9.14. The number of halogens is 1. The molecule has 0 aliphatic carbocycles. The second-order valence-corrected chi connectivity index (χ2v) is 10.1. The predicted molar refractivity (Wildman–Crippen MR) is 126 cm³/mol. The predicted octanol–water partition coefficient (Wildman–Crippen LogP) is 5.15. The van der Waals surface area contributed by atoms with E-state index in [4.69, 9.17) is 32.3 Å². The van der Waals surface area contributed by atoms with Crippen molar-refractivity contribution in [2.75, 3.05) is 13.2 Å². The van der Waals surface area contributed by atoms with Gasteiger partial charge in [-0.05, 0) is 58.8 Å². The first-order chi connectivity index (χ1) is 13.1. The number of hydrogen-bond donors (Lipinski definition) is 4. The van der Waals surface area contributed by atoms with Crippen LogP contribution in [0.3, 0.4) is 0 Å². The summed E-state index contributed by atoms with van der Waals surface area (Å²) in [5.74, 6) is 0.202. The van der Waals surface area contributed by atoms with Gasteiger partial charge < -0.3 is 26.8 Å². The Bertz CT molecular complexity index is 417. The van der Waals surface area contributed by atoms with Gasteiger partial charge in [-0.2, -0.15) is 0 Å². The van der Waals surface area contributed by atoms with Crippen molar-refractivity contribution in [3.63, 3.8) is 0 Å². The molecule has 0 aliphatic heterocycles. The van der Waals surface area contributed by atoms with Gasteiger partial charge >= 0.3 is 11.9 Å². The van der Waals surface area contributed by atoms with Crippen molar-refractivity contribution in [2.24, 2.45) is 17.6 Å². The lowest BCUT2D eigenvalue weighted by Crippen LogP contribution is -2.41. The fourth-order valence-corrected chi connectivity index (χ4v) is 1.71. The quantitative estimate of drug-likeness (QED) is 0.191. The molecule has 184 valence electrons. The molecule has 0 rings (SSSR count). The van der Waals surface area contributed by atoms with Crippen LogP contribution in [-0.4, -0.2) is 45.8 Å². The van der Waals surface area contributed by atoms with E-state index in [2.05, 4.69) is 27.7 Å². The zero-order valence-electron chi connectivity index (χ0n) is 20.6. The van der Waals surface area contributed by atoms with Gasteiger partial charge in [-0.25, -0.2) is 0 Å². The summed E-state index contributed by atoms with van der Waals surface area (Å²) in [4.78, 5) is 20.2. The van der Waals surface area contributed by atoms with E-state index >= 15 is 0 Å². The third-order valence-corrected chi connectivity index (χ3v) is 3.79. The maximum atomic E-state index is 11.2. The van der Waals surface area contributed by atoms with E-state index in [0.29, 0.717) is 13.2 Å². The molecule has 0 aliphatic rings. The standard InChI is InChI=1S/C11H21ClO2.C7H16O.C4H9NO2.H3N/c1-9(2)7-5-6-8-14-10(13)11(3,4)12;1-7(2)5-3-4-6-8;1-4(2,5)3(6)7;/h9H,5-8H2,1-4H3;7-8H,3-6H2,1-2H3;5H2,1-2H3,(H,6,7);1H3. The second kappa shape index (κ2) is 20.0. The minimum atomic E-state index is -1.08. The Hall–Kier alpha value is -0.890. The Labute approximate surface area is 189 Å². The number of carbonyl (C=O) groups excluding carboxylic acids is 1. The average Bonchev–Trinajstić information content (AvgIpc) is 2.53. The van der Waals surface area contributed by atoms with Gasteiger partial charge in [-0.3, -0.25) is 9.59 Å². The molecule has 30 heavy (non-hydrogen) atoms. The van der Waals surface area contributed by atoms with E-state index in [9.17, 15) is 9.59 Å². The highest BCUT2D eigenvalue weighted by Gasteiger charge is 2.25. The molecule has 0 aromatic carbocycles. The minimum Gasteiger partial charge on any atom is -0.480 e. The number of aliphatic hydroxyl groups excluding tert-OH is 1. The van der Waals surface area contributed by atoms with Crippen LogP contribution in [0.15, 0.2) is 0 Å². The zero-order valence-corrected chi connectivity index (χ0v) is 21.3. The Balaban J connectivity index is -0.000000181. The third-order valence-electron chi connectivity index (χ3n) is 3.64. The molecule has 7 nitrogen and oxygen atoms in total. The summed E-state index contributed by atoms with van der Waals surface area (Å²) in [5, 5.41) is 16.5. The molecular weight excluding hydrogens is 408 g/mol. The smallest absolute Gasteiger partial charge is 0.326 e. The molecule has 0 saturated heterocycles. The van der Waals surface area contributed by atoms with Gasteiger partial charge in [0.15, 0.2) is 0 Å². The average molecular weight is 457 g/mol. The van der Waals surface area contributed by atoms with E-state index in [-0.39, 0.29) is 12.1 Å². The molecule has 0 fully saturated rings. The highest BCUT2D eigenvalue weighted by Crippen LogP contribution is 2.15. The summed E-state index contributed by atoms with van der Waals surface area (Å²) >= 11 is 5.77. The largest absolute Gasteiger partial charge is 0.480 e. The first-order valence-corrected chi connectivity index (χ1v) is 10.9. The number of aliphatic hydroxyl groups is 1.